The van der Waals surface area contributed by atoms with Crippen LogP contribution in [0.5, 0.6) is 0 Å². The molecular weight excluding hydrogens is 241 g/mol. The number of carboxylic acids is 1. The van der Waals surface area contributed by atoms with E-state index in [1.807, 2.05) is 30.3 Å². The molecular formula is C13H16NNaO3. The van der Waals surface area contributed by atoms with Gasteiger partial charge in [-0.05, 0) is 5.56 Å². The summed E-state index contributed by atoms with van der Waals surface area (Å²) in [6, 6.07) is 9.44. The minimum atomic E-state index is -1.22. The smallest absolute Gasteiger partial charge is 0.550 e. The van der Waals surface area contributed by atoms with E-state index in [1.165, 1.54) is 13.8 Å². The Morgan fingerprint density at radius 2 is 1.78 bits per heavy atom. The summed E-state index contributed by atoms with van der Waals surface area (Å²) in [5, 5.41) is 13.4. The van der Waals surface area contributed by atoms with E-state index in [1.54, 1.807) is 0 Å². The van der Waals surface area contributed by atoms with Gasteiger partial charge in [-0.25, -0.2) is 0 Å². The van der Waals surface area contributed by atoms with E-state index in [0.29, 0.717) is 6.54 Å². The maximum atomic E-state index is 11.5. The van der Waals surface area contributed by atoms with Crippen molar-refractivity contribution in [3.05, 3.63) is 35.9 Å². The second-order valence-corrected chi connectivity index (χ2v) is 4.61. The fourth-order valence-electron chi connectivity index (χ4n) is 1.33. The van der Waals surface area contributed by atoms with Crippen LogP contribution in [0.25, 0.3) is 0 Å². The first-order valence-electron chi connectivity index (χ1n) is 5.44. The van der Waals surface area contributed by atoms with Crippen LogP contribution in [0.3, 0.4) is 0 Å². The van der Waals surface area contributed by atoms with E-state index >= 15 is 0 Å². The van der Waals surface area contributed by atoms with Crippen LogP contribution in [0.2, 0.25) is 0 Å². The van der Waals surface area contributed by atoms with Crippen molar-refractivity contribution in [2.24, 2.45) is 5.41 Å². The number of hydrogen-bond donors (Lipinski definition) is 1. The topological polar surface area (TPSA) is 69.2 Å². The molecule has 0 aromatic heterocycles. The molecule has 0 bridgehead atoms. The Balaban J connectivity index is 0.00000289. The molecule has 1 rings (SSSR count). The number of nitrogens with one attached hydrogen (secondary N) is 1. The predicted molar refractivity (Wildman–Crippen MR) is 61.7 cm³/mol. The summed E-state index contributed by atoms with van der Waals surface area (Å²) in [6.07, 6.45) is -0.0812. The van der Waals surface area contributed by atoms with Crippen LogP contribution < -0.4 is 40.0 Å². The normalized spacial score (nSPS) is 10.3. The number of amides is 1. The van der Waals surface area contributed by atoms with E-state index in [0.717, 1.165) is 5.56 Å². The molecule has 5 heteroatoms. The minimum Gasteiger partial charge on any atom is -0.550 e. The molecule has 1 amide bonds. The van der Waals surface area contributed by atoms with Crippen molar-refractivity contribution in [3.8, 4) is 0 Å². The number of aliphatic carboxylic acids is 1. The number of carbonyl (C=O) groups is 2. The molecule has 0 saturated heterocycles. The van der Waals surface area contributed by atoms with E-state index in [9.17, 15) is 14.7 Å². The summed E-state index contributed by atoms with van der Waals surface area (Å²) in [7, 11) is 0. The van der Waals surface area contributed by atoms with Crippen LogP contribution in [0.4, 0.5) is 0 Å². The summed E-state index contributed by atoms with van der Waals surface area (Å²) < 4.78 is 0. The van der Waals surface area contributed by atoms with Crippen LogP contribution in [0, 0.1) is 5.41 Å². The van der Waals surface area contributed by atoms with Crippen LogP contribution in [0.1, 0.15) is 25.8 Å². The Kier molecular flexibility index (Phi) is 7.21. The Bertz CT molecular complexity index is 404. The SMILES string of the molecule is CC(C)(CC(=O)NCc1ccccc1)C(=O)[O-].[Na+]. The van der Waals surface area contributed by atoms with Gasteiger partial charge in [-0.15, -0.1) is 0 Å². The molecule has 18 heavy (non-hydrogen) atoms. The number of benzene rings is 1. The second-order valence-electron chi connectivity index (χ2n) is 4.61. The fraction of sp³-hybridized carbons (Fsp3) is 0.385. The Hall–Kier alpha value is -0.840. The quantitative estimate of drug-likeness (QED) is 0.592. The standard InChI is InChI=1S/C13H17NO3.Na/c1-13(2,12(16)17)8-11(15)14-9-10-6-4-3-5-7-10;/h3-7H,8-9H2,1-2H3,(H,14,15)(H,16,17);/q;+1/p-1. The Labute approximate surface area is 129 Å². The van der Waals surface area contributed by atoms with Crippen molar-refractivity contribution < 1.29 is 44.3 Å². The van der Waals surface area contributed by atoms with Crippen molar-refractivity contribution >= 4 is 11.9 Å². The molecule has 0 saturated carbocycles. The van der Waals surface area contributed by atoms with Crippen LogP contribution in [-0.4, -0.2) is 11.9 Å². The van der Waals surface area contributed by atoms with Crippen molar-refractivity contribution in [2.45, 2.75) is 26.8 Å². The first-order valence-corrected chi connectivity index (χ1v) is 5.44. The minimum absolute atomic E-state index is 0. The third-order valence-corrected chi connectivity index (χ3v) is 2.49. The van der Waals surface area contributed by atoms with Crippen LogP contribution in [-0.2, 0) is 16.1 Å². The van der Waals surface area contributed by atoms with Gasteiger partial charge >= 0.3 is 29.6 Å². The largest absolute Gasteiger partial charge is 1.00 e. The summed E-state index contributed by atoms with van der Waals surface area (Å²) in [5.41, 5.74) is -0.159. The van der Waals surface area contributed by atoms with Gasteiger partial charge in [0.25, 0.3) is 0 Å². The van der Waals surface area contributed by atoms with Gasteiger partial charge in [-0.2, -0.15) is 0 Å². The first-order chi connectivity index (χ1) is 7.92. The maximum Gasteiger partial charge on any atom is 1.00 e. The molecule has 0 heterocycles. The molecule has 0 fully saturated rings. The van der Waals surface area contributed by atoms with E-state index < -0.39 is 11.4 Å². The zero-order chi connectivity index (χ0) is 12.9. The average molecular weight is 257 g/mol. The van der Waals surface area contributed by atoms with E-state index in [-0.39, 0.29) is 41.9 Å². The van der Waals surface area contributed by atoms with Crippen LogP contribution >= 0.6 is 0 Å². The van der Waals surface area contributed by atoms with Crippen molar-refractivity contribution in [1.29, 1.82) is 0 Å². The van der Waals surface area contributed by atoms with Gasteiger partial charge in [-0.3, -0.25) is 4.79 Å². The van der Waals surface area contributed by atoms with Crippen molar-refractivity contribution in [3.63, 3.8) is 0 Å². The van der Waals surface area contributed by atoms with Gasteiger partial charge in [0.2, 0.25) is 5.91 Å². The molecule has 4 nitrogen and oxygen atoms in total. The zero-order valence-corrected chi connectivity index (χ0v) is 13.0. The van der Waals surface area contributed by atoms with Crippen molar-refractivity contribution in [1.82, 2.24) is 5.32 Å². The summed E-state index contributed by atoms with van der Waals surface area (Å²) in [5.74, 6) is -1.50. The van der Waals surface area contributed by atoms with Crippen LogP contribution in [0.15, 0.2) is 30.3 Å². The van der Waals surface area contributed by atoms with Gasteiger partial charge in [0.15, 0.2) is 0 Å². The molecule has 1 aromatic rings. The summed E-state index contributed by atoms with van der Waals surface area (Å²) in [4.78, 5) is 22.3. The summed E-state index contributed by atoms with van der Waals surface area (Å²) in [6.45, 7) is 3.36. The van der Waals surface area contributed by atoms with Gasteiger partial charge in [-0.1, -0.05) is 44.2 Å². The molecule has 0 aliphatic rings. The maximum absolute atomic E-state index is 11.5. The predicted octanol–water partition coefficient (Wildman–Crippen LogP) is -2.53. The molecule has 0 aliphatic heterocycles. The third kappa shape index (κ3) is 5.67. The van der Waals surface area contributed by atoms with E-state index in [4.69, 9.17) is 0 Å². The average Bonchev–Trinajstić information content (AvgIpc) is 2.27. The van der Waals surface area contributed by atoms with Gasteiger partial charge in [0.1, 0.15) is 0 Å². The molecule has 0 radical (unpaired) electrons. The van der Waals surface area contributed by atoms with Gasteiger partial charge < -0.3 is 15.2 Å². The number of rotatable bonds is 5. The number of carbonyl (C=O) groups excluding carboxylic acids is 2. The van der Waals surface area contributed by atoms with E-state index in [2.05, 4.69) is 5.32 Å². The van der Waals surface area contributed by atoms with Gasteiger partial charge in [0, 0.05) is 24.3 Å². The third-order valence-electron chi connectivity index (χ3n) is 2.49. The fourth-order valence-corrected chi connectivity index (χ4v) is 1.33. The van der Waals surface area contributed by atoms with Crippen molar-refractivity contribution in [2.75, 3.05) is 0 Å². The molecule has 1 aromatic carbocycles. The first kappa shape index (κ1) is 17.2. The monoisotopic (exact) mass is 257 g/mol. The molecule has 0 aliphatic carbocycles. The molecule has 0 unspecified atom stereocenters. The zero-order valence-electron chi connectivity index (χ0n) is 11.0. The second kappa shape index (κ2) is 7.56. The number of hydrogen-bond acceptors (Lipinski definition) is 3. The summed E-state index contributed by atoms with van der Waals surface area (Å²) >= 11 is 0. The van der Waals surface area contributed by atoms with Gasteiger partial charge in [0.05, 0.1) is 0 Å². The molecule has 92 valence electrons. The number of carboxylic acid groups (broad SMARTS) is 1. The molecule has 0 spiro atoms. The Morgan fingerprint density at radius 1 is 1.22 bits per heavy atom. The molecule has 1 N–H and O–H groups in total. The molecule has 0 atom stereocenters. The Morgan fingerprint density at radius 3 is 2.28 bits per heavy atom.